The summed E-state index contributed by atoms with van der Waals surface area (Å²) in [6.45, 7) is 3.11. The minimum atomic E-state index is 0.858. The van der Waals surface area contributed by atoms with Crippen LogP contribution in [-0.4, -0.2) is 10.5 Å². The minimum Gasteiger partial charge on any atom is -0.330 e. The summed E-state index contributed by atoms with van der Waals surface area (Å²) < 4.78 is 0.888. The Kier molecular flexibility index (Phi) is 9.33. The van der Waals surface area contributed by atoms with E-state index in [4.69, 9.17) is 5.73 Å². The molecule has 0 rings (SSSR count). The summed E-state index contributed by atoms with van der Waals surface area (Å²) in [6.07, 6.45) is 7.98. The van der Waals surface area contributed by atoms with Crippen molar-refractivity contribution in [1.82, 2.24) is 0 Å². The molecule has 1 nitrogen and oxygen atoms in total. The number of halogens is 1. The van der Waals surface area contributed by atoms with Gasteiger partial charge in [0, 0.05) is 3.92 Å². The standard InChI is InChI=1S/C9H20IN/c1-2-3-6-9(10)7-4-5-8-11/h9H,2-8,11H2,1H3. The van der Waals surface area contributed by atoms with Crippen LogP contribution in [0.5, 0.6) is 0 Å². The summed E-state index contributed by atoms with van der Waals surface area (Å²) in [5, 5.41) is 0. The Bertz CT molecular complexity index is 76.0. The molecule has 0 aromatic rings. The predicted octanol–water partition coefficient (Wildman–Crippen LogP) is 3.11. The third kappa shape index (κ3) is 8.60. The maximum atomic E-state index is 5.41. The second-order valence-corrected chi connectivity index (χ2v) is 4.79. The van der Waals surface area contributed by atoms with Gasteiger partial charge >= 0.3 is 0 Å². The van der Waals surface area contributed by atoms with Crippen molar-refractivity contribution < 1.29 is 0 Å². The van der Waals surface area contributed by atoms with E-state index in [1.807, 2.05) is 0 Å². The molecule has 0 aliphatic heterocycles. The fourth-order valence-corrected chi connectivity index (χ4v) is 1.96. The van der Waals surface area contributed by atoms with Gasteiger partial charge in [-0.05, 0) is 25.8 Å². The molecule has 2 heteroatoms. The highest BCUT2D eigenvalue weighted by Crippen LogP contribution is 2.16. The SMILES string of the molecule is CCCCC(I)CCCCN. The van der Waals surface area contributed by atoms with E-state index in [-0.39, 0.29) is 0 Å². The van der Waals surface area contributed by atoms with E-state index in [1.54, 1.807) is 0 Å². The first kappa shape index (κ1) is 11.7. The molecule has 0 aliphatic carbocycles. The topological polar surface area (TPSA) is 26.0 Å². The molecule has 0 aromatic carbocycles. The second kappa shape index (κ2) is 8.78. The number of alkyl halides is 1. The first-order chi connectivity index (χ1) is 5.31. The Morgan fingerprint density at radius 1 is 1.18 bits per heavy atom. The van der Waals surface area contributed by atoms with Gasteiger partial charge in [-0.2, -0.15) is 0 Å². The molecular weight excluding hydrogens is 249 g/mol. The van der Waals surface area contributed by atoms with Crippen molar-refractivity contribution in [3.05, 3.63) is 0 Å². The third-order valence-corrected chi connectivity index (χ3v) is 3.09. The number of unbranched alkanes of at least 4 members (excludes halogenated alkanes) is 2. The van der Waals surface area contributed by atoms with Crippen LogP contribution in [-0.2, 0) is 0 Å². The fourth-order valence-electron chi connectivity index (χ4n) is 1.08. The average Bonchev–Trinajstić information content (AvgIpc) is 2.01. The lowest BCUT2D eigenvalue weighted by molar-refractivity contribution is 0.619. The maximum Gasteiger partial charge on any atom is 0.0110 e. The lowest BCUT2D eigenvalue weighted by atomic mass is 10.1. The lowest BCUT2D eigenvalue weighted by Gasteiger charge is -2.07. The van der Waals surface area contributed by atoms with E-state index in [2.05, 4.69) is 29.5 Å². The van der Waals surface area contributed by atoms with Gasteiger partial charge in [0.05, 0.1) is 0 Å². The molecular formula is C9H20IN. The number of rotatable bonds is 7. The molecule has 11 heavy (non-hydrogen) atoms. The van der Waals surface area contributed by atoms with Crippen molar-refractivity contribution in [3.8, 4) is 0 Å². The number of hydrogen-bond donors (Lipinski definition) is 1. The van der Waals surface area contributed by atoms with Crippen LogP contribution in [0.25, 0.3) is 0 Å². The van der Waals surface area contributed by atoms with Crippen LogP contribution in [0.4, 0.5) is 0 Å². The van der Waals surface area contributed by atoms with E-state index >= 15 is 0 Å². The molecule has 0 aromatic heterocycles. The van der Waals surface area contributed by atoms with E-state index in [9.17, 15) is 0 Å². The summed E-state index contributed by atoms with van der Waals surface area (Å²) in [7, 11) is 0. The number of nitrogens with two attached hydrogens (primary N) is 1. The van der Waals surface area contributed by atoms with Crippen LogP contribution in [0, 0.1) is 0 Å². The van der Waals surface area contributed by atoms with Gasteiger partial charge in [-0.15, -0.1) is 0 Å². The molecule has 0 heterocycles. The average molecular weight is 269 g/mol. The first-order valence-electron chi connectivity index (χ1n) is 4.65. The van der Waals surface area contributed by atoms with Crippen molar-refractivity contribution in [3.63, 3.8) is 0 Å². The Hall–Kier alpha value is 0.690. The summed E-state index contributed by atoms with van der Waals surface area (Å²) in [4.78, 5) is 0. The molecule has 0 bridgehead atoms. The molecule has 0 amide bonds. The van der Waals surface area contributed by atoms with Gasteiger partial charge in [0.2, 0.25) is 0 Å². The fraction of sp³-hybridized carbons (Fsp3) is 1.00. The third-order valence-electron chi connectivity index (χ3n) is 1.84. The Morgan fingerprint density at radius 2 is 1.82 bits per heavy atom. The molecule has 0 spiro atoms. The minimum absolute atomic E-state index is 0.858. The highest BCUT2D eigenvalue weighted by molar-refractivity contribution is 14.1. The van der Waals surface area contributed by atoms with Gasteiger partial charge in [-0.3, -0.25) is 0 Å². The van der Waals surface area contributed by atoms with E-state index < -0.39 is 0 Å². The molecule has 0 radical (unpaired) electrons. The first-order valence-corrected chi connectivity index (χ1v) is 5.90. The smallest absolute Gasteiger partial charge is 0.0110 e. The summed E-state index contributed by atoms with van der Waals surface area (Å²) in [5.74, 6) is 0. The van der Waals surface area contributed by atoms with Crippen LogP contribution in [0.2, 0.25) is 0 Å². The maximum absolute atomic E-state index is 5.41. The van der Waals surface area contributed by atoms with Crippen molar-refractivity contribution in [1.29, 1.82) is 0 Å². The molecule has 2 N–H and O–H groups in total. The zero-order chi connectivity index (χ0) is 8.53. The van der Waals surface area contributed by atoms with E-state index in [0.717, 1.165) is 10.5 Å². The van der Waals surface area contributed by atoms with Crippen LogP contribution < -0.4 is 5.73 Å². The van der Waals surface area contributed by atoms with Gasteiger partial charge in [-0.1, -0.05) is 48.8 Å². The van der Waals surface area contributed by atoms with Crippen LogP contribution in [0.15, 0.2) is 0 Å². The molecule has 0 aliphatic rings. The highest BCUT2D eigenvalue weighted by Gasteiger charge is 2.01. The van der Waals surface area contributed by atoms with Gasteiger partial charge < -0.3 is 5.73 Å². The molecule has 0 saturated heterocycles. The zero-order valence-electron chi connectivity index (χ0n) is 7.48. The van der Waals surface area contributed by atoms with Gasteiger partial charge in [0.1, 0.15) is 0 Å². The summed E-state index contributed by atoms with van der Waals surface area (Å²) >= 11 is 2.56. The van der Waals surface area contributed by atoms with Gasteiger partial charge in [-0.25, -0.2) is 0 Å². The van der Waals surface area contributed by atoms with Crippen LogP contribution in [0.1, 0.15) is 45.4 Å². The van der Waals surface area contributed by atoms with Crippen molar-refractivity contribution >= 4 is 22.6 Å². The highest BCUT2D eigenvalue weighted by atomic mass is 127. The zero-order valence-corrected chi connectivity index (χ0v) is 9.64. The van der Waals surface area contributed by atoms with Crippen molar-refractivity contribution in [2.75, 3.05) is 6.54 Å². The molecule has 1 atom stereocenters. The van der Waals surface area contributed by atoms with E-state index in [1.165, 1.54) is 38.5 Å². The van der Waals surface area contributed by atoms with Gasteiger partial charge in [0.15, 0.2) is 0 Å². The summed E-state index contributed by atoms with van der Waals surface area (Å²) in [5.41, 5.74) is 5.41. The Morgan fingerprint density at radius 3 is 2.36 bits per heavy atom. The molecule has 0 saturated carbocycles. The van der Waals surface area contributed by atoms with Crippen molar-refractivity contribution in [2.24, 2.45) is 5.73 Å². The Balaban J connectivity index is 3.02. The van der Waals surface area contributed by atoms with Crippen LogP contribution in [0.3, 0.4) is 0 Å². The predicted molar refractivity (Wildman–Crippen MR) is 60.2 cm³/mol. The Labute approximate surface area is 84.3 Å². The second-order valence-electron chi connectivity index (χ2n) is 3.02. The quantitative estimate of drug-likeness (QED) is 0.429. The summed E-state index contributed by atoms with van der Waals surface area (Å²) in [6, 6.07) is 0. The van der Waals surface area contributed by atoms with Crippen LogP contribution >= 0.6 is 22.6 Å². The lowest BCUT2D eigenvalue weighted by Crippen LogP contribution is -2.02. The molecule has 1 unspecified atom stereocenters. The van der Waals surface area contributed by atoms with Gasteiger partial charge in [0.25, 0.3) is 0 Å². The molecule has 68 valence electrons. The normalized spacial score (nSPS) is 13.4. The molecule has 0 fully saturated rings. The monoisotopic (exact) mass is 269 g/mol. The van der Waals surface area contributed by atoms with Crippen molar-refractivity contribution in [2.45, 2.75) is 49.4 Å². The largest absolute Gasteiger partial charge is 0.330 e. The number of hydrogen-bond acceptors (Lipinski definition) is 1. The van der Waals surface area contributed by atoms with E-state index in [0.29, 0.717) is 0 Å².